The number of hydrogen-bond acceptors (Lipinski definition) is 6. The van der Waals surface area contributed by atoms with Crippen molar-refractivity contribution in [3.63, 3.8) is 0 Å². The molecule has 4 N–H and O–H groups in total. The third kappa shape index (κ3) is 5.44. The molecule has 2 aromatic rings. The monoisotopic (exact) mass is 581 g/mol. The third-order valence-electron chi connectivity index (χ3n) is 8.28. The molecule has 3 fully saturated rings. The number of primary amides is 1. The minimum atomic E-state index is -0.534. The molecule has 3 atom stereocenters. The van der Waals surface area contributed by atoms with E-state index in [9.17, 15) is 14.4 Å². The van der Waals surface area contributed by atoms with E-state index in [0.29, 0.717) is 38.9 Å². The molecule has 1 unspecified atom stereocenters. The fourth-order valence-corrected chi connectivity index (χ4v) is 6.50. The van der Waals surface area contributed by atoms with Crippen LogP contribution in [-0.4, -0.2) is 46.7 Å². The number of nitrogens with zero attached hydrogens (tertiary/aromatic N) is 2. The molecule has 0 radical (unpaired) electrons. The number of piperidine rings is 1. The second-order valence-corrected chi connectivity index (χ2v) is 11.7. The highest BCUT2D eigenvalue weighted by molar-refractivity contribution is 9.10. The molecule has 2 bridgehead atoms. The number of hydrogen-bond donors (Lipinski definition) is 3. The van der Waals surface area contributed by atoms with E-state index in [1.54, 1.807) is 18.3 Å². The fraction of sp³-hybridized carbons (Fsp3) is 0.517. The molecule has 3 heterocycles. The molecule has 1 aromatic carbocycles. The number of fused-ring (bicyclic) bond motifs is 2. The topological polar surface area (TPSA) is 117 Å². The molecular formula is C29H36BrN5O3. The average Bonchev–Trinajstić information content (AvgIpc) is 3.72. The number of benzene rings is 1. The van der Waals surface area contributed by atoms with Crippen LogP contribution in [-0.2, 0) is 0 Å². The zero-order valence-corrected chi connectivity index (χ0v) is 23.6. The lowest BCUT2D eigenvalue weighted by Crippen LogP contribution is -2.50. The number of pyridine rings is 1. The van der Waals surface area contributed by atoms with Crippen molar-refractivity contribution >= 4 is 45.0 Å². The number of nitrogens with one attached hydrogen (secondary N) is 2. The summed E-state index contributed by atoms with van der Waals surface area (Å²) >= 11 is 3.48. The molecule has 2 saturated heterocycles. The fourth-order valence-electron chi connectivity index (χ4n) is 5.98. The van der Waals surface area contributed by atoms with Gasteiger partial charge in [0.15, 0.2) is 5.78 Å². The second-order valence-electron chi connectivity index (χ2n) is 10.9. The highest BCUT2D eigenvalue weighted by atomic mass is 79.9. The maximum atomic E-state index is 13.4. The highest BCUT2D eigenvalue weighted by Crippen LogP contribution is 2.39. The summed E-state index contributed by atoms with van der Waals surface area (Å²) in [4.78, 5) is 44.9. The van der Waals surface area contributed by atoms with Crippen LogP contribution >= 0.6 is 15.9 Å². The summed E-state index contributed by atoms with van der Waals surface area (Å²) in [6, 6.07) is 8.08. The predicted octanol–water partition coefficient (Wildman–Crippen LogP) is 5.07. The number of carbonyl (C=O) groups is 3. The minimum absolute atomic E-state index is 0.0464. The van der Waals surface area contributed by atoms with Crippen molar-refractivity contribution < 1.29 is 14.4 Å². The molecule has 38 heavy (non-hydrogen) atoms. The molecule has 1 aliphatic carbocycles. The summed E-state index contributed by atoms with van der Waals surface area (Å²) in [6.07, 6.45) is 9.28. The van der Waals surface area contributed by atoms with Crippen molar-refractivity contribution in [2.75, 3.05) is 10.2 Å². The van der Waals surface area contributed by atoms with Gasteiger partial charge >= 0.3 is 0 Å². The minimum Gasteiger partial charge on any atom is -0.382 e. The first-order chi connectivity index (χ1) is 18.3. The Morgan fingerprint density at radius 3 is 2.29 bits per heavy atom. The van der Waals surface area contributed by atoms with Crippen LogP contribution in [0.25, 0.3) is 0 Å². The summed E-state index contributed by atoms with van der Waals surface area (Å²) in [6.45, 7) is 4.16. The van der Waals surface area contributed by atoms with Gasteiger partial charge in [0.2, 0.25) is 0 Å². The molecular weight excluding hydrogens is 546 g/mol. The first-order valence-electron chi connectivity index (χ1n) is 13.8. The van der Waals surface area contributed by atoms with Crippen LogP contribution in [0, 0.1) is 5.92 Å². The summed E-state index contributed by atoms with van der Waals surface area (Å²) in [7, 11) is 0. The van der Waals surface area contributed by atoms with Gasteiger partial charge in [-0.1, -0.05) is 13.8 Å². The molecule has 0 spiro atoms. The Bertz CT molecular complexity index is 1210. The first-order valence-corrected chi connectivity index (χ1v) is 14.6. The molecule has 1 saturated carbocycles. The smallest absolute Gasteiger partial charge is 0.252 e. The van der Waals surface area contributed by atoms with E-state index in [0.717, 1.165) is 57.2 Å². The van der Waals surface area contributed by atoms with Crippen molar-refractivity contribution in [3.05, 3.63) is 51.6 Å². The van der Waals surface area contributed by atoms with E-state index < -0.39 is 5.91 Å². The number of aromatic nitrogens is 1. The van der Waals surface area contributed by atoms with E-state index in [-0.39, 0.29) is 29.7 Å². The Hall–Kier alpha value is -2.94. The number of carbonyl (C=O) groups excluding carboxylic acids is 3. The maximum absolute atomic E-state index is 13.4. The van der Waals surface area contributed by atoms with Crippen LogP contribution in [0.1, 0.15) is 96.3 Å². The van der Waals surface area contributed by atoms with Crippen LogP contribution in [0.3, 0.4) is 0 Å². The highest BCUT2D eigenvalue weighted by Gasteiger charge is 2.42. The Balaban J connectivity index is 1.27. The Morgan fingerprint density at radius 1 is 1.05 bits per heavy atom. The van der Waals surface area contributed by atoms with Crippen LogP contribution in [0.15, 0.2) is 34.9 Å². The Kier molecular flexibility index (Phi) is 7.75. The molecule has 1 aromatic heterocycles. The standard InChI is InChI=1S/C29H36BrN5O3/c1-3-18(4-2)33-25-14-22(24(30)13-23(25)28(31)37)29(38)34-19-11-20-8-9-21(12-19)35(20)26-10-7-17(15-32-26)27(36)16-5-6-16/h7,10,13-16,18-21,33H,3-6,8-9,11-12H2,1-2H3,(H2,31,37)(H,34,38)/t19?,20-,21+. The van der Waals surface area contributed by atoms with Gasteiger partial charge in [-0.2, -0.15) is 0 Å². The molecule has 2 aliphatic heterocycles. The SMILES string of the molecule is CCC(CC)Nc1cc(C(=O)NC2C[C@H]3CC[C@@H](C2)N3c2ccc(C(=O)C3CC3)cn2)c(Br)cc1C(N)=O. The van der Waals surface area contributed by atoms with Crippen LogP contribution in [0.5, 0.6) is 0 Å². The normalized spacial score (nSPS) is 22.4. The van der Waals surface area contributed by atoms with Crippen molar-refractivity contribution in [2.45, 2.75) is 89.4 Å². The van der Waals surface area contributed by atoms with Crippen LogP contribution < -0.4 is 21.3 Å². The number of amides is 2. The molecule has 3 aliphatic rings. The third-order valence-corrected chi connectivity index (χ3v) is 8.93. The Labute approximate surface area is 232 Å². The predicted molar refractivity (Wildman–Crippen MR) is 152 cm³/mol. The maximum Gasteiger partial charge on any atom is 0.252 e. The van der Waals surface area contributed by atoms with E-state index in [1.165, 1.54) is 0 Å². The number of nitrogens with two attached hydrogens (primary N) is 1. The lowest BCUT2D eigenvalue weighted by molar-refractivity contribution is 0.0923. The second kappa shape index (κ2) is 11.0. The van der Waals surface area contributed by atoms with E-state index in [2.05, 4.69) is 50.3 Å². The Morgan fingerprint density at radius 2 is 1.74 bits per heavy atom. The van der Waals surface area contributed by atoms with Crippen molar-refractivity contribution in [3.8, 4) is 0 Å². The van der Waals surface area contributed by atoms with Gasteiger partial charge in [0.25, 0.3) is 11.8 Å². The number of ketones is 1. The van der Waals surface area contributed by atoms with Crippen molar-refractivity contribution in [1.29, 1.82) is 0 Å². The first kappa shape index (κ1) is 26.7. The van der Waals surface area contributed by atoms with E-state index >= 15 is 0 Å². The summed E-state index contributed by atoms with van der Waals surface area (Å²) in [5.41, 5.74) is 7.77. The van der Waals surface area contributed by atoms with Gasteiger partial charge in [0.1, 0.15) is 5.82 Å². The molecule has 202 valence electrons. The average molecular weight is 583 g/mol. The van der Waals surface area contributed by atoms with Gasteiger partial charge in [-0.25, -0.2) is 4.98 Å². The summed E-state index contributed by atoms with van der Waals surface area (Å²) in [5, 5.41) is 6.63. The number of anilines is 2. The van der Waals surface area contributed by atoms with Crippen molar-refractivity contribution in [1.82, 2.24) is 10.3 Å². The van der Waals surface area contributed by atoms with Crippen LogP contribution in [0.4, 0.5) is 11.5 Å². The number of Topliss-reactive ketones (excluding diaryl/α,β-unsaturated/α-hetero) is 1. The van der Waals surface area contributed by atoms with Crippen LogP contribution in [0.2, 0.25) is 0 Å². The largest absolute Gasteiger partial charge is 0.382 e. The quantitative estimate of drug-likeness (QED) is 0.337. The van der Waals surface area contributed by atoms with Gasteiger partial charge in [-0.05, 0) is 91.6 Å². The van der Waals surface area contributed by atoms with Gasteiger partial charge in [-0.3, -0.25) is 14.4 Å². The van der Waals surface area contributed by atoms with E-state index in [1.807, 2.05) is 12.1 Å². The van der Waals surface area contributed by atoms with Gasteiger partial charge in [0.05, 0.1) is 11.1 Å². The number of halogens is 1. The lowest BCUT2D eigenvalue weighted by atomic mass is 9.96. The molecule has 2 amide bonds. The zero-order valence-electron chi connectivity index (χ0n) is 22.0. The molecule has 5 rings (SSSR count). The lowest BCUT2D eigenvalue weighted by Gasteiger charge is -2.40. The number of rotatable bonds is 10. The van der Waals surface area contributed by atoms with Gasteiger partial charge < -0.3 is 21.3 Å². The van der Waals surface area contributed by atoms with Gasteiger partial charge in [-0.15, -0.1) is 0 Å². The zero-order chi connectivity index (χ0) is 27.0. The van der Waals surface area contributed by atoms with Crippen molar-refractivity contribution in [2.24, 2.45) is 11.7 Å². The molecule has 9 heteroatoms. The van der Waals surface area contributed by atoms with Gasteiger partial charge in [0, 0.05) is 52.0 Å². The summed E-state index contributed by atoms with van der Waals surface area (Å²) < 4.78 is 0.546. The summed E-state index contributed by atoms with van der Waals surface area (Å²) in [5.74, 6) is 0.614. The molecule has 8 nitrogen and oxygen atoms in total. The van der Waals surface area contributed by atoms with E-state index in [4.69, 9.17) is 5.73 Å².